The van der Waals surface area contributed by atoms with Gasteiger partial charge >= 0.3 is 0 Å². The number of rotatable bonds is 1. The van der Waals surface area contributed by atoms with E-state index >= 15 is 0 Å². The van der Waals surface area contributed by atoms with Crippen molar-refractivity contribution in [2.24, 2.45) is 4.99 Å². The Balaban J connectivity index is 1.87. The van der Waals surface area contributed by atoms with E-state index < -0.39 is 0 Å². The van der Waals surface area contributed by atoms with Gasteiger partial charge in [-0.2, -0.15) is 0 Å². The van der Waals surface area contributed by atoms with Crippen molar-refractivity contribution in [1.82, 2.24) is 4.98 Å². The summed E-state index contributed by atoms with van der Waals surface area (Å²) >= 11 is 0. The molecule has 1 aliphatic rings. The lowest BCUT2D eigenvalue weighted by Gasteiger charge is -2.20. The predicted octanol–water partition coefficient (Wildman–Crippen LogP) is 2.51. The quantitative estimate of drug-likeness (QED) is 0.767. The summed E-state index contributed by atoms with van der Waals surface area (Å²) in [6, 6.07) is 9.36. The molecule has 96 valence electrons. The first-order valence-electron chi connectivity index (χ1n) is 6.00. The second-order valence-corrected chi connectivity index (χ2v) is 4.42. The lowest BCUT2D eigenvalue weighted by molar-refractivity contribution is 0.372. The Kier molecular flexibility index (Phi) is 2.79. The lowest BCUT2D eigenvalue weighted by Crippen LogP contribution is -2.25. The summed E-state index contributed by atoms with van der Waals surface area (Å²) in [4.78, 5) is 8.64. The number of hydrogen-bond donors (Lipinski definition) is 2. The number of nitrogen functional groups attached to an aromatic ring is 1. The lowest BCUT2D eigenvalue weighted by atomic mass is 10.2. The molecule has 0 amide bonds. The molecule has 2 aromatic rings. The monoisotopic (exact) mass is 254 g/mol. The summed E-state index contributed by atoms with van der Waals surface area (Å²) in [5.74, 6) is 2.15. The normalized spacial score (nSPS) is 15.5. The number of aryl methyl sites for hydroxylation is 1. The van der Waals surface area contributed by atoms with Crippen LogP contribution >= 0.6 is 0 Å². The van der Waals surface area contributed by atoms with Gasteiger partial charge in [0.1, 0.15) is 18.2 Å². The molecule has 0 unspecified atom stereocenters. The molecule has 0 bridgehead atoms. The van der Waals surface area contributed by atoms with E-state index in [1.54, 1.807) is 12.3 Å². The number of hydrogen-bond acceptors (Lipinski definition) is 4. The van der Waals surface area contributed by atoms with Crippen LogP contribution in [0.5, 0.6) is 5.75 Å². The van der Waals surface area contributed by atoms with Crippen molar-refractivity contribution in [3.63, 3.8) is 0 Å². The molecule has 5 heteroatoms. The maximum absolute atomic E-state index is 5.71. The number of nitrogens with two attached hydrogens (primary N) is 1. The van der Waals surface area contributed by atoms with Gasteiger partial charge in [0.05, 0.1) is 5.69 Å². The van der Waals surface area contributed by atoms with E-state index in [4.69, 9.17) is 10.5 Å². The van der Waals surface area contributed by atoms with E-state index in [0.29, 0.717) is 18.1 Å². The number of pyridine rings is 1. The molecule has 0 spiro atoms. The maximum Gasteiger partial charge on any atom is 0.154 e. The van der Waals surface area contributed by atoms with Crippen LogP contribution in [-0.2, 0) is 0 Å². The fraction of sp³-hybridized carbons (Fsp3) is 0.143. The molecule has 1 aromatic heterocycles. The molecule has 0 atom stereocenters. The van der Waals surface area contributed by atoms with E-state index in [9.17, 15) is 0 Å². The number of aromatic nitrogens is 1. The second-order valence-electron chi connectivity index (χ2n) is 4.42. The van der Waals surface area contributed by atoms with E-state index in [2.05, 4.69) is 15.3 Å². The van der Waals surface area contributed by atoms with Crippen LogP contribution in [0, 0.1) is 6.92 Å². The second kappa shape index (κ2) is 4.61. The average Bonchev–Trinajstić information content (AvgIpc) is 2.39. The SMILES string of the molecule is Cc1ccnc(N=C2COc3cc(N)ccc3N2)c1. The zero-order valence-corrected chi connectivity index (χ0v) is 10.6. The van der Waals surface area contributed by atoms with Crippen LogP contribution in [0.3, 0.4) is 0 Å². The molecular formula is C14H14N4O. The van der Waals surface area contributed by atoms with Crippen molar-refractivity contribution in [2.45, 2.75) is 6.92 Å². The van der Waals surface area contributed by atoms with Crippen molar-refractivity contribution in [3.05, 3.63) is 42.1 Å². The third-order valence-corrected chi connectivity index (χ3v) is 2.80. The molecule has 0 saturated heterocycles. The number of anilines is 2. The number of benzene rings is 1. The van der Waals surface area contributed by atoms with Gasteiger partial charge in [0.2, 0.25) is 0 Å². The first-order chi connectivity index (χ1) is 9.20. The Morgan fingerprint density at radius 2 is 2.21 bits per heavy atom. The number of ether oxygens (including phenoxy) is 1. The molecule has 3 N–H and O–H groups in total. The van der Waals surface area contributed by atoms with Crippen LogP contribution in [0.2, 0.25) is 0 Å². The molecule has 0 aliphatic carbocycles. The van der Waals surface area contributed by atoms with Gasteiger partial charge in [-0.05, 0) is 36.8 Å². The fourth-order valence-electron chi connectivity index (χ4n) is 1.88. The Morgan fingerprint density at radius 3 is 3.05 bits per heavy atom. The van der Waals surface area contributed by atoms with Crippen molar-refractivity contribution in [3.8, 4) is 5.75 Å². The van der Waals surface area contributed by atoms with Gasteiger partial charge in [-0.15, -0.1) is 0 Å². The number of nitrogens with zero attached hydrogens (tertiary/aromatic N) is 2. The van der Waals surface area contributed by atoms with Crippen LogP contribution in [0.4, 0.5) is 17.2 Å². The highest BCUT2D eigenvalue weighted by molar-refractivity contribution is 6.00. The minimum atomic E-state index is 0.381. The highest BCUT2D eigenvalue weighted by atomic mass is 16.5. The van der Waals surface area contributed by atoms with E-state index in [1.807, 2.05) is 31.2 Å². The van der Waals surface area contributed by atoms with E-state index in [0.717, 1.165) is 22.8 Å². The largest absolute Gasteiger partial charge is 0.483 e. The summed E-state index contributed by atoms with van der Waals surface area (Å²) < 4.78 is 5.62. The molecule has 3 rings (SSSR count). The first kappa shape index (κ1) is 11.5. The summed E-state index contributed by atoms with van der Waals surface area (Å²) in [6.45, 7) is 2.39. The molecule has 5 nitrogen and oxygen atoms in total. The van der Waals surface area contributed by atoms with Crippen LogP contribution in [0.1, 0.15) is 5.56 Å². The Bertz CT molecular complexity index is 652. The molecule has 1 aromatic carbocycles. The minimum Gasteiger partial charge on any atom is -0.483 e. The first-order valence-corrected chi connectivity index (χ1v) is 6.00. The van der Waals surface area contributed by atoms with Gasteiger partial charge in [0.15, 0.2) is 5.82 Å². The predicted molar refractivity (Wildman–Crippen MR) is 76.0 cm³/mol. The van der Waals surface area contributed by atoms with Crippen LogP contribution < -0.4 is 15.8 Å². The van der Waals surface area contributed by atoms with Gasteiger partial charge in [-0.3, -0.25) is 0 Å². The molecule has 2 heterocycles. The van der Waals surface area contributed by atoms with Crippen molar-refractivity contribution in [1.29, 1.82) is 0 Å². The van der Waals surface area contributed by atoms with Crippen molar-refractivity contribution in [2.75, 3.05) is 17.7 Å². The van der Waals surface area contributed by atoms with Crippen molar-refractivity contribution < 1.29 is 4.74 Å². The summed E-state index contributed by atoms with van der Waals surface area (Å²) in [6.07, 6.45) is 1.74. The van der Waals surface area contributed by atoms with Crippen LogP contribution in [0.25, 0.3) is 0 Å². The highest BCUT2D eigenvalue weighted by Gasteiger charge is 2.14. The highest BCUT2D eigenvalue weighted by Crippen LogP contribution is 2.30. The molecule has 19 heavy (non-hydrogen) atoms. The van der Waals surface area contributed by atoms with Crippen molar-refractivity contribution >= 4 is 23.0 Å². The minimum absolute atomic E-state index is 0.381. The Morgan fingerprint density at radius 1 is 1.32 bits per heavy atom. The number of amidine groups is 1. The molecule has 0 radical (unpaired) electrons. The third kappa shape index (κ3) is 2.49. The van der Waals surface area contributed by atoms with Gasteiger partial charge in [0.25, 0.3) is 0 Å². The number of fused-ring (bicyclic) bond motifs is 1. The standard InChI is InChI=1S/C14H14N4O/c1-9-4-5-16-13(6-9)18-14-8-19-12-7-10(15)2-3-11(12)17-14/h2-7H,8,15H2,1H3,(H,16,17,18). The van der Waals surface area contributed by atoms with Gasteiger partial charge < -0.3 is 15.8 Å². The Hall–Kier alpha value is -2.56. The number of aliphatic imine (C=N–C) groups is 1. The summed E-state index contributed by atoms with van der Waals surface area (Å²) in [5, 5.41) is 3.22. The topological polar surface area (TPSA) is 72.5 Å². The summed E-state index contributed by atoms with van der Waals surface area (Å²) in [7, 11) is 0. The smallest absolute Gasteiger partial charge is 0.154 e. The van der Waals surface area contributed by atoms with E-state index in [-0.39, 0.29) is 0 Å². The third-order valence-electron chi connectivity index (χ3n) is 2.80. The van der Waals surface area contributed by atoms with E-state index in [1.165, 1.54) is 0 Å². The zero-order valence-electron chi connectivity index (χ0n) is 10.6. The summed E-state index contributed by atoms with van der Waals surface area (Å²) in [5.41, 5.74) is 8.38. The average molecular weight is 254 g/mol. The maximum atomic E-state index is 5.71. The Labute approximate surface area is 111 Å². The zero-order chi connectivity index (χ0) is 13.2. The van der Waals surface area contributed by atoms with Crippen LogP contribution in [0.15, 0.2) is 41.5 Å². The number of nitrogens with one attached hydrogen (secondary N) is 1. The molecule has 1 aliphatic heterocycles. The van der Waals surface area contributed by atoms with Gasteiger partial charge in [0, 0.05) is 18.0 Å². The molecule has 0 saturated carbocycles. The molecular weight excluding hydrogens is 240 g/mol. The molecule has 0 fully saturated rings. The van der Waals surface area contributed by atoms with Gasteiger partial charge in [-0.1, -0.05) is 0 Å². The fourth-order valence-corrected chi connectivity index (χ4v) is 1.88. The van der Waals surface area contributed by atoms with Gasteiger partial charge in [-0.25, -0.2) is 9.98 Å². The van der Waals surface area contributed by atoms with Crippen LogP contribution in [-0.4, -0.2) is 17.4 Å².